The molecule has 1 atom stereocenters. The molecule has 1 unspecified atom stereocenters. The van der Waals surface area contributed by atoms with Gasteiger partial charge in [0, 0.05) is 19.3 Å². The molecule has 0 aliphatic carbocycles. The summed E-state index contributed by atoms with van der Waals surface area (Å²) in [5.41, 5.74) is 0. The van der Waals surface area contributed by atoms with Crippen LogP contribution in [-0.4, -0.2) is 37.2 Å². The summed E-state index contributed by atoms with van der Waals surface area (Å²) in [4.78, 5) is 37.9. The molecule has 400 valence electrons. The van der Waals surface area contributed by atoms with Gasteiger partial charge in [0.1, 0.15) is 13.2 Å². The monoisotopic (exact) mass is 973 g/mol. The maximum absolute atomic E-state index is 12.8. The Hall–Kier alpha value is -3.67. The van der Waals surface area contributed by atoms with Gasteiger partial charge < -0.3 is 14.2 Å². The molecule has 0 saturated carbocycles. The molecule has 0 aromatic rings. The highest BCUT2D eigenvalue weighted by atomic mass is 16.6. The van der Waals surface area contributed by atoms with E-state index in [0.717, 1.165) is 109 Å². The first-order valence-corrected chi connectivity index (χ1v) is 29.2. The zero-order valence-corrected chi connectivity index (χ0v) is 45.8. The highest BCUT2D eigenvalue weighted by Crippen LogP contribution is 2.15. The van der Waals surface area contributed by atoms with Crippen LogP contribution in [0.4, 0.5) is 0 Å². The minimum absolute atomic E-state index is 0.0814. The topological polar surface area (TPSA) is 78.9 Å². The van der Waals surface area contributed by atoms with Crippen LogP contribution in [-0.2, 0) is 28.6 Å². The van der Waals surface area contributed by atoms with Crippen molar-refractivity contribution in [2.45, 2.75) is 277 Å². The van der Waals surface area contributed by atoms with Crippen molar-refractivity contribution in [3.05, 3.63) is 97.2 Å². The van der Waals surface area contributed by atoms with E-state index in [2.05, 4.69) is 118 Å². The average Bonchev–Trinajstić information content (AvgIpc) is 3.36. The maximum atomic E-state index is 12.8. The number of esters is 3. The van der Waals surface area contributed by atoms with Gasteiger partial charge in [0.2, 0.25) is 0 Å². The lowest BCUT2D eigenvalue weighted by Crippen LogP contribution is -2.30. The first-order chi connectivity index (χ1) is 34.5. The summed E-state index contributed by atoms with van der Waals surface area (Å²) in [5.74, 6) is -0.901. The summed E-state index contributed by atoms with van der Waals surface area (Å²) >= 11 is 0. The molecule has 0 saturated heterocycles. The van der Waals surface area contributed by atoms with Crippen molar-refractivity contribution >= 4 is 17.9 Å². The molecule has 0 rings (SSSR count). The Bertz CT molecular complexity index is 1400. The predicted molar refractivity (Wildman–Crippen MR) is 302 cm³/mol. The molecule has 0 spiro atoms. The molecule has 0 heterocycles. The van der Waals surface area contributed by atoms with Gasteiger partial charge in [-0.2, -0.15) is 0 Å². The SMILES string of the molecule is CC/C=C\C/C=C\C/C=C\C/C=C\C/C=C\C/C=C\CCCCCCCCCCC(=O)OCC(COC(=O)CCCCCCCC)OC(=O)CCCCCCCCCCC/C=C\C/C=C\CCCCC. The van der Waals surface area contributed by atoms with Crippen molar-refractivity contribution in [1.82, 2.24) is 0 Å². The molecule has 0 aromatic heterocycles. The standard InChI is InChI=1S/C64H108O6/c1-4-7-10-13-16-18-20-22-24-26-28-29-30-31-32-33-34-35-37-38-40-42-44-46-48-51-54-57-63(66)69-60-61(59-68-62(65)56-53-50-15-12-9-6-3)70-64(67)58-55-52-49-47-45-43-41-39-36-27-25-23-21-19-17-14-11-8-5-2/h7,10,16-19,22-25,28-29,31-32,34-35,61H,4-6,8-9,11-15,20-21,26-27,30,33,36-60H2,1-3H3/b10-7-,18-16-,19-17-,24-22-,25-23-,29-28-,32-31-,35-34-. The van der Waals surface area contributed by atoms with E-state index >= 15 is 0 Å². The zero-order valence-electron chi connectivity index (χ0n) is 45.8. The van der Waals surface area contributed by atoms with E-state index in [1.807, 2.05) is 0 Å². The fourth-order valence-corrected chi connectivity index (χ4v) is 7.95. The first-order valence-electron chi connectivity index (χ1n) is 29.2. The molecular formula is C64H108O6. The minimum Gasteiger partial charge on any atom is -0.462 e. The lowest BCUT2D eigenvalue weighted by Gasteiger charge is -2.18. The van der Waals surface area contributed by atoms with E-state index in [9.17, 15) is 14.4 Å². The lowest BCUT2D eigenvalue weighted by molar-refractivity contribution is -0.167. The van der Waals surface area contributed by atoms with Gasteiger partial charge in [-0.25, -0.2) is 0 Å². The van der Waals surface area contributed by atoms with Crippen molar-refractivity contribution in [3.8, 4) is 0 Å². The fourth-order valence-electron chi connectivity index (χ4n) is 7.95. The zero-order chi connectivity index (χ0) is 50.7. The van der Waals surface area contributed by atoms with Gasteiger partial charge in [0.25, 0.3) is 0 Å². The van der Waals surface area contributed by atoms with Crippen LogP contribution in [0.3, 0.4) is 0 Å². The van der Waals surface area contributed by atoms with Crippen LogP contribution < -0.4 is 0 Å². The number of ether oxygens (including phenoxy) is 3. The summed E-state index contributed by atoms with van der Waals surface area (Å²) in [6.45, 7) is 6.44. The van der Waals surface area contributed by atoms with E-state index in [1.165, 1.54) is 122 Å². The Balaban J connectivity index is 4.16. The normalized spacial score (nSPS) is 12.8. The molecule has 0 N–H and O–H groups in total. The second-order valence-corrected chi connectivity index (χ2v) is 19.2. The molecule has 0 fully saturated rings. The summed E-state index contributed by atoms with van der Waals surface area (Å²) in [5, 5.41) is 0. The van der Waals surface area contributed by atoms with Crippen LogP contribution in [0.1, 0.15) is 271 Å². The highest BCUT2D eigenvalue weighted by Gasteiger charge is 2.19. The molecule has 6 nitrogen and oxygen atoms in total. The number of allylic oxidation sites excluding steroid dienone is 16. The summed E-state index contributed by atoms with van der Waals surface area (Å²) in [6.07, 6.45) is 77.1. The number of carbonyl (C=O) groups is 3. The fraction of sp³-hybridized carbons (Fsp3) is 0.703. The smallest absolute Gasteiger partial charge is 0.306 e. The van der Waals surface area contributed by atoms with Crippen molar-refractivity contribution in [3.63, 3.8) is 0 Å². The van der Waals surface area contributed by atoms with Crippen LogP contribution in [0, 0.1) is 0 Å². The van der Waals surface area contributed by atoms with Gasteiger partial charge in [-0.1, -0.05) is 246 Å². The highest BCUT2D eigenvalue weighted by molar-refractivity contribution is 5.71. The van der Waals surface area contributed by atoms with Crippen molar-refractivity contribution in [1.29, 1.82) is 0 Å². The molecule has 0 amide bonds. The van der Waals surface area contributed by atoms with Crippen LogP contribution >= 0.6 is 0 Å². The molecule has 6 heteroatoms. The first kappa shape index (κ1) is 66.3. The van der Waals surface area contributed by atoms with Crippen LogP contribution in [0.5, 0.6) is 0 Å². The van der Waals surface area contributed by atoms with Gasteiger partial charge in [-0.3, -0.25) is 14.4 Å². The van der Waals surface area contributed by atoms with Crippen LogP contribution in [0.2, 0.25) is 0 Å². The largest absolute Gasteiger partial charge is 0.462 e. The summed E-state index contributed by atoms with van der Waals surface area (Å²) in [6, 6.07) is 0. The van der Waals surface area contributed by atoms with E-state index in [4.69, 9.17) is 14.2 Å². The third kappa shape index (κ3) is 55.3. The maximum Gasteiger partial charge on any atom is 0.306 e. The Labute approximate surface area is 432 Å². The van der Waals surface area contributed by atoms with Gasteiger partial charge in [-0.05, 0) is 103 Å². The average molecular weight is 974 g/mol. The van der Waals surface area contributed by atoms with Crippen molar-refractivity contribution < 1.29 is 28.6 Å². The molecule has 0 aliphatic heterocycles. The Morgan fingerprint density at radius 2 is 0.557 bits per heavy atom. The van der Waals surface area contributed by atoms with E-state index in [0.29, 0.717) is 19.3 Å². The lowest BCUT2D eigenvalue weighted by atomic mass is 10.1. The van der Waals surface area contributed by atoms with E-state index in [1.54, 1.807) is 0 Å². The van der Waals surface area contributed by atoms with Gasteiger partial charge in [0.05, 0.1) is 0 Å². The van der Waals surface area contributed by atoms with Gasteiger partial charge in [0.15, 0.2) is 6.10 Å². The Morgan fingerprint density at radius 1 is 0.300 bits per heavy atom. The van der Waals surface area contributed by atoms with Gasteiger partial charge in [-0.15, -0.1) is 0 Å². The summed E-state index contributed by atoms with van der Waals surface area (Å²) in [7, 11) is 0. The molecule has 70 heavy (non-hydrogen) atoms. The second kappa shape index (κ2) is 57.9. The number of hydrogen-bond donors (Lipinski definition) is 0. The van der Waals surface area contributed by atoms with E-state index < -0.39 is 6.10 Å². The number of rotatable bonds is 52. The Kier molecular flexibility index (Phi) is 54.9. The van der Waals surface area contributed by atoms with Crippen LogP contribution in [0.25, 0.3) is 0 Å². The predicted octanol–water partition coefficient (Wildman–Crippen LogP) is 19.7. The number of carbonyl (C=O) groups excluding carboxylic acids is 3. The molecular weight excluding hydrogens is 865 g/mol. The van der Waals surface area contributed by atoms with Crippen LogP contribution in [0.15, 0.2) is 97.2 Å². The third-order valence-corrected chi connectivity index (χ3v) is 12.3. The molecule has 0 aliphatic rings. The molecule has 0 aromatic carbocycles. The summed E-state index contributed by atoms with van der Waals surface area (Å²) < 4.78 is 16.8. The Morgan fingerprint density at radius 3 is 0.900 bits per heavy atom. The van der Waals surface area contributed by atoms with Crippen molar-refractivity contribution in [2.24, 2.45) is 0 Å². The van der Waals surface area contributed by atoms with E-state index in [-0.39, 0.29) is 31.1 Å². The number of unbranched alkanes of at least 4 members (excludes halogenated alkanes) is 25. The third-order valence-electron chi connectivity index (χ3n) is 12.3. The van der Waals surface area contributed by atoms with Gasteiger partial charge >= 0.3 is 17.9 Å². The molecule has 0 bridgehead atoms. The quantitative estimate of drug-likeness (QED) is 0.0262. The minimum atomic E-state index is -0.781. The number of hydrogen-bond acceptors (Lipinski definition) is 6. The second-order valence-electron chi connectivity index (χ2n) is 19.2. The molecule has 0 radical (unpaired) electrons. The van der Waals surface area contributed by atoms with Crippen molar-refractivity contribution in [2.75, 3.05) is 13.2 Å².